The molecule has 0 heterocycles. The molecule has 3 aromatic carbocycles. The average molecular weight is 545 g/mol. The van der Waals surface area contributed by atoms with Crippen molar-refractivity contribution < 1.29 is 13.8 Å². The molecule has 1 aliphatic rings. The van der Waals surface area contributed by atoms with Crippen molar-refractivity contribution >= 4 is 40.1 Å². The lowest BCUT2D eigenvalue weighted by Crippen LogP contribution is -2.34. The van der Waals surface area contributed by atoms with E-state index in [1.165, 1.54) is 37.7 Å². The summed E-state index contributed by atoms with van der Waals surface area (Å²) in [5.74, 6) is -0.465. The second kappa shape index (κ2) is 13.1. The maximum Gasteiger partial charge on any atom is 0.326 e. The summed E-state index contributed by atoms with van der Waals surface area (Å²) in [6, 6.07) is 21.5. The Balaban J connectivity index is 1.58. The summed E-state index contributed by atoms with van der Waals surface area (Å²) in [5, 5.41) is 5.87. The molecule has 0 spiro atoms. The Hall–Kier alpha value is -4.18. The quantitative estimate of drug-likeness (QED) is 0.185. The predicted molar refractivity (Wildman–Crippen MR) is 154 cm³/mol. The average Bonchev–Trinajstić information content (AvgIpc) is 2.96. The first-order valence-electron chi connectivity index (χ1n) is 12.8. The second-order valence-electron chi connectivity index (χ2n) is 9.51. The number of benzene rings is 3. The molecule has 9 nitrogen and oxygen atoms in total. The molecular formula is C29H32N6O3S. The SMILES string of the molecule is CS(=O)c1cccc(NC(=O)N(Cc2ccc(C(=O)N=C(N)N=N)cc2)c2ccc(C3CCCCC3)cc2)c1. The zero-order chi connectivity index (χ0) is 27.8. The summed E-state index contributed by atoms with van der Waals surface area (Å²) >= 11 is 0. The van der Waals surface area contributed by atoms with Gasteiger partial charge < -0.3 is 11.1 Å². The molecule has 39 heavy (non-hydrogen) atoms. The van der Waals surface area contributed by atoms with Gasteiger partial charge in [0.2, 0.25) is 5.96 Å². The van der Waals surface area contributed by atoms with Crippen molar-refractivity contribution in [3.8, 4) is 0 Å². The number of rotatable bonds is 7. The van der Waals surface area contributed by atoms with Gasteiger partial charge in [0.05, 0.1) is 6.54 Å². The highest BCUT2D eigenvalue weighted by molar-refractivity contribution is 7.84. The third-order valence-electron chi connectivity index (χ3n) is 6.82. The van der Waals surface area contributed by atoms with Gasteiger partial charge in [0, 0.05) is 38.9 Å². The summed E-state index contributed by atoms with van der Waals surface area (Å²) < 4.78 is 11.9. The fraction of sp³-hybridized carbons (Fsp3) is 0.276. The molecule has 1 aliphatic carbocycles. The number of nitrogens with two attached hydrogens (primary N) is 1. The summed E-state index contributed by atoms with van der Waals surface area (Å²) in [5.41, 5.74) is 15.9. The molecule has 4 N–H and O–H groups in total. The fourth-order valence-corrected chi connectivity index (χ4v) is 5.28. The van der Waals surface area contributed by atoms with E-state index in [9.17, 15) is 13.8 Å². The Morgan fingerprint density at radius 1 is 1.03 bits per heavy atom. The van der Waals surface area contributed by atoms with Crippen molar-refractivity contribution in [1.29, 1.82) is 5.53 Å². The van der Waals surface area contributed by atoms with Crippen molar-refractivity contribution in [2.45, 2.75) is 49.5 Å². The molecule has 0 saturated heterocycles. The highest BCUT2D eigenvalue weighted by Gasteiger charge is 2.20. The maximum absolute atomic E-state index is 13.5. The number of hydrogen-bond acceptors (Lipinski definition) is 4. The molecule has 1 saturated carbocycles. The lowest BCUT2D eigenvalue weighted by molar-refractivity contribution is 0.100. The third kappa shape index (κ3) is 7.44. The number of amides is 3. The molecule has 1 fully saturated rings. The highest BCUT2D eigenvalue weighted by atomic mass is 32.2. The van der Waals surface area contributed by atoms with Crippen molar-refractivity contribution in [2.24, 2.45) is 15.8 Å². The number of nitrogens with one attached hydrogen (secondary N) is 2. The fourth-order valence-electron chi connectivity index (χ4n) is 4.72. The largest absolute Gasteiger partial charge is 0.366 e. The molecule has 3 aromatic rings. The molecule has 0 radical (unpaired) electrons. The van der Waals surface area contributed by atoms with E-state index in [1.807, 2.05) is 12.1 Å². The molecule has 4 rings (SSSR count). The molecule has 10 heteroatoms. The number of guanidine groups is 1. The van der Waals surface area contributed by atoms with E-state index in [0.717, 1.165) is 11.3 Å². The molecule has 1 atom stereocenters. The Morgan fingerprint density at radius 3 is 2.36 bits per heavy atom. The molecule has 0 aromatic heterocycles. The summed E-state index contributed by atoms with van der Waals surface area (Å²) in [7, 11) is -1.17. The number of hydrogen-bond donors (Lipinski definition) is 3. The third-order valence-corrected chi connectivity index (χ3v) is 7.73. The van der Waals surface area contributed by atoms with Crippen molar-refractivity contribution in [2.75, 3.05) is 16.5 Å². The summed E-state index contributed by atoms with van der Waals surface area (Å²) in [6.45, 7) is 0.246. The van der Waals surface area contributed by atoms with E-state index < -0.39 is 22.7 Å². The van der Waals surface area contributed by atoms with Crippen molar-refractivity contribution in [1.82, 2.24) is 0 Å². The summed E-state index contributed by atoms with van der Waals surface area (Å²) in [6.07, 6.45) is 7.76. The minimum Gasteiger partial charge on any atom is -0.366 e. The van der Waals surface area contributed by atoms with Crippen molar-refractivity contribution in [3.63, 3.8) is 0 Å². The van der Waals surface area contributed by atoms with Crippen LogP contribution in [0.5, 0.6) is 0 Å². The molecule has 3 amide bonds. The molecule has 0 aliphatic heterocycles. The van der Waals surface area contributed by atoms with Crippen LogP contribution in [-0.4, -0.2) is 28.4 Å². The Bertz CT molecular complexity index is 1380. The lowest BCUT2D eigenvalue weighted by atomic mass is 9.84. The van der Waals surface area contributed by atoms with Crippen LogP contribution in [0.25, 0.3) is 0 Å². The first kappa shape index (κ1) is 27.8. The number of urea groups is 1. The van der Waals surface area contributed by atoms with Crippen LogP contribution >= 0.6 is 0 Å². The van der Waals surface area contributed by atoms with Crippen LogP contribution in [0.3, 0.4) is 0 Å². The summed E-state index contributed by atoms with van der Waals surface area (Å²) in [4.78, 5) is 31.6. The smallest absolute Gasteiger partial charge is 0.326 e. The van der Waals surface area contributed by atoms with Gasteiger partial charge in [-0.2, -0.15) is 4.99 Å². The number of carbonyl (C=O) groups excluding carboxylic acids is 2. The topological polar surface area (TPSA) is 141 Å². The van der Waals surface area contributed by atoms with Crippen LogP contribution in [0.2, 0.25) is 0 Å². The van der Waals surface area contributed by atoms with Crippen molar-refractivity contribution in [3.05, 3.63) is 89.5 Å². The van der Waals surface area contributed by atoms with Gasteiger partial charge in [-0.25, -0.2) is 10.3 Å². The van der Waals surface area contributed by atoms with Crippen LogP contribution < -0.4 is 16.0 Å². The zero-order valence-corrected chi connectivity index (χ0v) is 22.6. The number of anilines is 2. The van der Waals surface area contributed by atoms with Gasteiger partial charge in [-0.15, -0.1) is 5.11 Å². The van der Waals surface area contributed by atoms with Gasteiger partial charge >= 0.3 is 6.03 Å². The van der Waals surface area contributed by atoms with E-state index in [4.69, 9.17) is 11.3 Å². The number of nitrogens with zero attached hydrogens (tertiary/aromatic N) is 3. The Kier molecular flexibility index (Phi) is 9.32. The van der Waals surface area contributed by atoms with E-state index >= 15 is 0 Å². The van der Waals surface area contributed by atoms with E-state index in [0.29, 0.717) is 22.1 Å². The standard InChI is InChI=1S/C29H32N6O3S/c1-39(38)26-9-5-8-24(18-26)32-29(37)35(25-16-14-22(15-17-25)21-6-3-2-4-7-21)19-20-10-12-23(13-11-20)27(36)33-28(30)34-31/h5,8-18,21,31H,2-4,6-7,19H2,1H3,(H,32,37)(H2,30,33,36). The second-order valence-corrected chi connectivity index (χ2v) is 10.9. The van der Waals surface area contributed by atoms with Crippen LogP contribution in [0.4, 0.5) is 16.2 Å². The Labute approximate surface area is 230 Å². The van der Waals surface area contributed by atoms with Crippen LogP contribution in [0.1, 0.15) is 59.5 Å². The monoisotopic (exact) mass is 544 g/mol. The maximum atomic E-state index is 13.5. The molecule has 1 unspecified atom stereocenters. The van der Waals surface area contributed by atoms with Gasteiger partial charge in [-0.1, -0.05) is 49.6 Å². The van der Waals surface area contributed by atoms with Crippen LogP contribution in [0, 0.1) is 5.53 Å². The van der Waals surface area contributed by atoms with Gasteiger partial charge in [0.15, 0.2) is 0 Å². The highest BCUT2D eigenvalue weighted by Crippen LogP contribution is 2.33. The Morgan fingerprint density at radius 2 is 1.72 bits per heavy atom. The van der Waals surface area contributed by atoms with Gasteiger partial charge in [0.1, 0.15) is 0 Å². The normalized spacial score (nSPS) is 14.8. The van der Waals surface area contributed by atoms with Crippen LogP contribution in [0.15, 0.2) is 87.8 Å². The first-order valence-corrected chi connectivity index (χ1v) is 14.4. The number of carbonyl (C=O) groups is 2. The van der Waals surface area contributed by atoms with Gasteiger partial charge in [-0.3, -0.25) is 13.9 Å². The van der Waals surface area contributed by atoms with Crippen LogP contribution in [-0.2, 0) is 17.3 Å². The molecule has 202 valence electrons. The number of aliphatic imine (C=N–C) groups is 1. The predicted octanol–water partition coefficient (Wildman–Crippen LogP) is 6.20. The minimum absolute atomic E-state index is 0.246. The molecule has 0 bridgehead atoms. The zero-order valence-electron chi connectivity index (χ0n) is 21.8. The minimum atomic E-state index is -1.17. The first-order chi connectivity index (χ1) is 18.8. The van der Waals surface area contributed by atoms with E-state index in [2.05, 4.69) is 27.6 Å². The van der Waals surface area contributed by atoms with Gasteiger partial charge in [0.25, 0.3) is 5.91 Å². The van der Waals surface area contributed by atoms with E-state index in [1.54, 1.807) is 59.7 Å². The lowest BCUT2D eigenvalue weighted by Gasteiger charge is -2.26. The molecular weight excluding hydrogens is 512 g/mol. The van der Waals surface area contributed by atoms with Gasteiger partial charge in [-0.05, 0) is 72.4 Å². The van der Waals surface area contributed by atoms with E-state index in [-0.39, 0.29) is 12.6 Å².